The van der Waals surface area contributed by atoms with Crippen molar-refractivity contribution in [2.24, 2.45) is 16.8 Å². The van der Waals surface area contributed by atoms with Crippen molar-refractivity contribution in [3.05, 3.63) is 71.2 Å². The molecule has 33 heavy (non-hydrogen) atoms. The van der Waals surface area contributed by atoms with Crippen LogP contribution in [0, 0.1) is 11.8 Å². The summed E-state index contributed by atoms with van der Waals surface area (Å²) in [7, 11) is 1.64. The molecule has 2 aliphatic rings. The van der Waals surface area contributed by atoms with Crippen LogP contribution in [0.5, 0.6) is 5.75 Å². The van der Waals surface area contributed by atoms with E-state index in [1.807, 2.05) is 57.2 Å². The molecule has 4 rings (SSSR count). The molecular formula is C27H30N2O4. The summed E-state index contributed by atoms with van der Waals surface area (Å²) in [4.78, 5) is 35.6. The SMILES string of the molecule is COc1ccc([C@@H]2CC(=O)C3=C(C2)N=C(C)C(C(=O)OCC(C)C)[C@H]3c2ccncc2)cc1. The molecule has 2 aromatic rings. The molecule has 1 aromatic heterocycles. The lowest BCUT2D eigenvalue weighted by Gasteiger charge is -2.36. The highest BCUT2D eigenvalue weighted by molar-refractivity contribution is 6.09. The molecule has 0 N–H and O–H groups in total. The zero-order valence-corrected chi connectivity index (χ0v) is 19.6. The largest absolute Gasteiger partial charge is 0.497 e. The zero-order valence-electron chi connectivity index (χ0n) is 19.6. The normalized spacial score (nSPS) is 22.6. The molecule has 0 saturated heterocycles. The van der Waals surface area contributed by atoms with Crippen molar-refractivity contribution in [2.75, 3.05) is 13.7 Å². The highest BCUT2D eigenvalue weighted by atomic mass is 16.5. The number of esters is 1. The number of rotatable bonds is 6. The molecule has 0 saturated carbocycles. The number of methoxy groups -OCH3 is 1. The topological polar surface area (TPSA) is 77.8 Å². The van der Waals surface area contributed by atoms with E-state index < -0.39 is 11.8 Å². The predicted molar refractivity (Wildman–Crippen MR) is 126 cm³/mol. The molecule has 1 unspecified atom stereocenters. The molecular weight excluding hydrogens is 416 g/mol. The monoisotopic (exact) mass is 446 g/mol. The Labute approximate surface area is 194 Å². The minimum Gasteiger partial charge on any atom is -0.497 e. The second kappa shape index (κ2) is 9.69. The van der Waals surface area contributed by atoms with Crippen molar-refractivity contribution in [1.82, 2.24) is 4.98 Å². The second-order valence-corrected chi connectivity index (χ2v) is 9.17. The van der Waals surface area contributed by atoms with Crippen LogP contribution in [0.15, 0.2) is 65.1 Å². The molecule has 1 aliphatic carbocycles. The third kappa shape index (κ3) is 4.75. The van der Waals surface area contributed by atoms with Crippen LogP contribution in [0.3, 0.4) is 0 Å². The summed E-state index contributed by atoms with van der Waals surface area (Å²) in [6, 6.07) is 11.6. The van der Waals surface area contributed by atoms with Gasteiger partial charge >= 0.3 is 5.97 Å². The van der Waals surface area contributed by atoms with E-state index in [9.17, 15) is 9.59 Å². The Bertz CT molecular complexity index is 1090. The van der Waals surface area contributed by atoms with Gasteiger partial charge in [-0.25, -0.2) is 0 Å². The zero-order chi connectivity index (χ0) is 23.5. The van der Waals surface area contributed by atoms with Gasteiger partial charge in [-0.05, 0) is 60.6 Å². The van der Waals surface area contributed by atoms with Gasteiger partial charge in [-0.1, -0.05) is 26.0 Å². The molecule has 0 fully saturated rings. The van der Waals surface area contributed by atoms with Gasteiger partial charge in [0.2, 0.25) is 0 Å². The molecule has 6 heteroatoms. The predicted octanol–water partition coefficient (Wildman–Crippen LogP) is 4.86. The van der Waals surface area contributed by atoms with Crippen LogP contribution in [0.25, 0.3) is 0 Å². The van der Waals surface area contributed by atoms with Gasteiger partial charge in [-0.15, -0.1) is 0 Å². The van der Waals surface area contributed by atoms with E-state index in [0.717, 1.165) is 22.6 Å². The summed E-state index contributed by atoms with van der Waals surface area (Å²) in [6.45, 7) is 6.20. The quantitative estimate of drug-likeness (QED) is 0.592. The summed E-state index contributed by atoms with van der Waals surface area (Å²) in [5.74, 6) is -0.268. The Morgan fingerprint density at radius 3 is 2.39 bits per heavy atom. The van der Waals surface area contributed by atoms with Crippen LogP contribution in [-0.2, 0) is 14.3 Å². The number of pyridine rings is 1. The van der Waals surface area contributed by atoms with Crippen molar-refractivity contribution in [3.8, 4) is 5.75 Å². The Balaban J connectivity index is 1.72. The number of hydrogen-bond acceptors (Lipinski definition) is 6. The minimum absolute atomic E-state index is 0.0387. The van der Waals surface area contributed by atoms with Gasteiger partial charge in [-0.3, -0.25) is 19.6 Å². The molecule has 0 spiro atoms. The van der Waals surface area contributed by atoms with Crippen LogP contribution in [0.4, 0.5) is 0 Å². The third-order valence-electron chi connectivity index (χ3n) is 6.35. The molecule has 1 aliphatic heterocycles. The molecule has 2 heterocycles. The first-order valence-electron chi connectivity index (χ1n) is 11.4. The fourth-order valence-electron chi connectivity index (χ4n) is 4.75. The third-order valence-corrected chi connectivity index (χ3v) is 6.35. The maximum absolute atomic E-state index is 13.5. The first-order valence-corrected chi connectivity index (χ1v) is 11.4. The Morgan fingerprint density at radius 2 is 1.76 bits per heavy atom. The first kappa shape index (κ1) is 22.9. The lowest BCUT2D eigenvalue weighted by molar-refractivity contribution is -0.147. The number of carbonyl (C=O) groups is 2. The van der Waals surface area contributed by atoms with E-state index in [2.05, 4.69) is 4.98 Å². The Hall–Kier alpha value is -3.28. The van der Waals surface area contributed by atoms with Gasteiger partial charge in [0.1, 0.15) is 11.7 Å². The summed E-state index contributed by atoms with van der Waals surface area (Å²) in [5, 5.41) is 0. The highest BCUT2D eigenvalue weighted by Crippen LogP contribution is 2.46. The average Bonchev–Trinajstić information content (AvgIpc) is 2.82. The Morgan fingerprint density at radius 1 is 1.06 bits per heavy atom. The van der Waals surface area contributed by atoms with Crippen molar-refractivity contribution in [1.29, 1.82) is 0 Å². The molecule has 0 amide bonds. The number of hydrogen-bond donors (Lipinski definition) is 0. The number of benzene rings is 1. The molecule has 0 bridgehead atoms. The fourth-order valence-corrected chi connectivity index (χ4v) is 4.75. The number of Topliss-reactive ketones (excluding diaryl/α,β-unsaturated/α-hetero) is 1. The molecule has 0 radical (unpaired) electrons. The lowest BCUT2D eigenvalue weighted by Crippen LogP contribution is -2.38. The fraction of sp³-hybridized carbons (Fsp3) is 0.407. The maximum atomic E-state index is 13.5. The van der Waals surface area contributed by atoms with Crippen molar-refractivity contribution in [2.45, 2.75) is 45.4 Å². The molecule has 3 atom stereocenters. The summed E-state index contributed by atoms with van der Waals surface area (Å²) >= 11 is 0. The number of carbonyl (C=O) groups excluding carboxylic acids is 2. The van der Waals surface area contributed by atoms with Gasteiger partial charge < -0.3 is 9.47 Å². The van der Waals surface area contributed by atoms with Crippen molar-refractivity contribution >= 4 is 17.5 Å². The van der Waals surface area contributed by atoms with Gasteiger partial charge in [0.15, 0.2) is 5.78 Å². The summed E-state index contributed by atoms with van der Waals surface area (Å²) < 4.78 is 10.9. The van der Waals surface area contributed by atoms with Crippen LogP contribution >= 0.6 is 0 Å². The van der Waals surface area contributed by atoms with E-state index in [-0.39, 0.29) is 23.6 Å². The van der Waals surface area contributed by atoms with Gasteiger partial charge in [0.25, 0.3) is 0 Å². The number of aromatic nitrogens is 1. The van der Waals surface area contributed by atoms with Gasteiger partial charge in [-0.2, -0.15) is 0 Å². The lowest BCUT2D eigenvalue weighted by atomic mass is 9.69. The molecule has 172 valence electrons. The van der Waals surface area contributed by atoms with E-state index in [1.165, 1.54) is 0 Å². The van der Waals surface area contributed by atoms with Crippen LogP contribution < -0.4 is 4.74 Å². The first-order chi connectivity index (χ1) is 15.9. The highest BCUT2D eigenvalue weighted by Gasteiger charge is 2.44. The van der Waals surface area contributed by atoms with Gasteiger partial charge in [0.05, 0.1) is 13.7 Å². The number of ketones is 1. The molecule has 6 nitrogen and oxygen atoms in total. The standard InChI is InChI=1S/C27H30N2O4/c1-16(2)15-33-27(31)24-17(3)29-22-13-20(18-5-7-21(32-4)8-6-18)14-23(30)26(22)25(24)19-9-11-28-12-10-19/h5-12,16,20,24-25H,13-15H2,1-4H3/t20-,24?,25+/m0/s1. The maximum Gasteiger partial charge on any atom is 0.315 e. The van der Waals surface area contributed by atoms with Crippen LogP contribution in [0.1, 0.15) is 56.6 Å². The Kier molecular flexibility index (Phi) is 6.72. The second-order valence-electron chi connectivity index (χ2n) is 9.17. The van der Waals surface area contributed by atoms with Gasteiger partial charge in [0, 0.05) is 41.7 Å². The van der Waals surface area contributed by atoms with Crippen molar-refractivity contribution < 1.29 is 19.1 Å². The van der Waals surface area contributed by atoms with E-state index in [0.29, 0.717) is 30.7 Å². The van der Waals surface area contributed by atoms with Crippen LogP contribution in [0.2, 0.25) is 0 Å². The van der Waals surface area contributed by atoms with Crippen LogP contribution in [-0.4, -0.2) is 36.2 Å². The minimum atomic E-state index is -0.619. The number of nitrogens with zero attached hydrogens (tertiary/aromatic N) is 2. The smallest absolute Gasteiger partial charge is 0.315 e. The number of aliphatic imine (C=N–C) groups is 1. The number of ether oxygens (including phenoxy) is 2. The van der Waals surface area contributed by atoms with Crippen molar-refractivity contribution in [3.63, 3.8) is 0 Å². The summed E-state index contributed by atoms with van der Waals surface area (Å²) in [6.07, 6.45) is 4.43. The molecule has 1 aromatic carbocycles. The van der Waals surface area contributed by atoms with E-state index in [4.69, 9.17) is 14.5 Å². The van der Waals surface area contributed by atoms with E-state index in [1.54, 1.807) is 19.5 Å². The summed E-state index contributed by atoms with van der Waals surface area (Å²) in [5.41, 5.74) is 4.08. The average molecular weight is 447 g/mol. The van der Waals surface area contributed by atoms with E-state index >= 15 is 0 Å². The number of allylic oxidation sites excluding steroid dienone is 2.